The minimum absolute atomic E-state index is 0.101. The summed E-state index contributed by atoms with van der Waals surface area (Å²) in [6, 6.07) is 3.76. The molecule has 2 heterocycles. The molecule has 2 aromatic heterocycles. The van der Waals surface area contributed by atoms with E-state index in [-0.39, 0.29) is 5.56 Å². The average Bonchev–Trinajstić information content (AvgIpc) is 2.28. The topological polar surface area (TPSA) is 34.4 Å². The number of aromatic nitrogens is 2. The second kappa shape index (κ2) is 3.95. The van der Waals surface area contributed by atoms with Gasteiger partial charge in [0.25, 0.3) is 5.56 Å². The molecular formula is C13H13BrN2O. The van der Waals surface area contributed by atoms with Gasteiger partial charge in [-0.25, -0.2) is 4.98 Å². The maximum absolute atomic E-state index is 12.3. The molecule has 17 heavy (non-hydrogen) atoms. The van der Waals surface area contributed by atoms with Gasteiger partial charge in [-0.3, -0.25) is 9.20 Å². The van der Waals surface area contributed by atoms with Gasteiger partial charge in [-0.2, -0.15) is 0 Å². The van der Waals surface area contributed by atoms with Crippen LogP contribution in [0.1, 0.15) is 24.6 Å². The molecule has 0 aromatic carbocycles. The lowest BCUT2D eigenvalue weighted by atomic mass is 9.89. The molecule has 1 aliphatic rings. The minimum atomic E-state index is 0.101. The maximum Gasteiger partial charge on any atom is 0.261 e. The third-order valence-corrected chi connectivity index (χ3v) is 3.89. The van der Waals surface area contributed by atoms with Gasteiger partial charge in [0.15, 0.2) is 0 Å². The Bertz CT molecular complexity index is 648. The van der Waals surface area contributed by atoms with Crippen LogP contribution >= 0.6 is 15.9 Å². The van der Waals surface area contributed by atoms with Gasteiger partial charge in [0, 0.05) is 16.2 Å². The van der Waals surface area contributed by atoms with Crippen LogP contribution in [0.3, 0.4) is 0 Å². The largest absolute Gasteiger partial charge is 0.269 e. The van der Waals surface area contributed by atoms with Crippen molar-refractivity contribution in [3.63, 3.8) is 0 Å². The minimum Gasteiger partial charge on any atom is -0.269 e. The Hall–Kier alpha value is -1.16. The molecule has 88 valence electrons. The van der Waals surface area contributed by atoms with Crippen LogP contribution in [0.4, 0.5) is 0 Å². The van der Waals surface area contributed by atoms with Gasteiger partial charge in [-0.1, -0.05) is 22.9 Å². The summed E-state index contributed by atoms with van der Waals surface area (Å²) in [5.41, 5.74) is 2.73. The molecule has 1 aliphatic carbocycles. The van der Waals surface area contributed by atoms with Crippen molar-refractivity contribution in [1.29, 1.82) is 0 Å². The zero-order valence-electron chi connectivity index (χ0n) is 9.61. The van der Waals surface area contributed by atoms with Crippen molar-refractivity contribution in [2.45, 2.75) is 26.2 Å². The number of halogens is 1. The van der Waals surface area contributed by atoms with Crippen molar-refractivity contribution in [2.75, 3.05) is 0 Å². The van der Waals surface area contributed by atoms with Gasteiger partial charge in [-0.05, 0) is 37.3 Å². The molecule has 3 nitrogen and oxygen atoms in total. The lowest BCUT2D eigenvalue weighted by Crippen LogP contribution is -2.26. The van der Waals surface area contributed by atoms with Crippen molar-refractivity contribution in [3.05, 3.63) is 44.4 Å². The summed E-state index contributed by atoms with van der Waals surface area (Å²) in [6.07, 6.45) is 4.66. The van der Waals surface area contributed by atoms with Crippen molar-refractivity contribution < 1.29 is 0 Å². The summed E-state index contributed by atoms with van der Waals surface area (Å²) < 4.78 is 2.59. The molecule has 2 aromatic rings. The Kier molecular flexibility index (Phi) is 2.54. The molecule has 1 atom stereocenters. The van der Waals surface area contributed by atoms with Crippen molar-refractivity contribution in [1.82, 2.24) is 9.38 Å². The van der Waals surface area contributed by atoms with E-state index < -0.39 is 0 Å². The van der Waals surface area contributed by atoms with Gasteiger partial charge in [0.2, 0.25) is 0 Å². The monoisotopic (exact) mass is 292 g/mol. The van der Waals surface area contributed by atoms with Crippen LogP contribution in [0.15, 0.2) is 27.6 Å². The highest BCUT2D eigenvalue weighted by molar-refractivity contribution is 9.10. The lowest BCUT2D eigenvalue weighted by Gasteiger charge is -2.20. The van der Waals surface area contributed by atoms with Gasteiger partial charge in [0.1, 0.15) is 5.65 Å². The highest BCUT2D eigenvalue weighted by Gasteiger charge is 2.20. The van der Waals surface area contributed by atoms with Gasteiger partial charge in [-0.15, -0.1) is 0 Å². The van der Waals surface area contributed by atoms with Crippen molar-refractivity contribution in [2.24, 2.45) is 5.92 Å². The highest BCUT2D eigenvalue weighted by atomic mass is 79.9. The molecule has 0 saturated heterocycles. The molecular weight excluding hydrogens is 280 g/mol. The zero-order chi connectivity index (χ0) is 12.0. The van der Waals surface area contributed by atoms with Crippen LogP contribution in [0.2, 0.25) is 0 Å². The number of pyridine rings is 1. The van der Waals surface area contributed by atoms with Crippen LogP contribution < -0.4 is 5.56 Å². The van der Waals surface area contributed by atoms with Crippen LogP contribution in [0.5, 0.6) is 0 Å². The van der Waals surface area contributed by atoms with E-state index in [1.165, 1.54) is 0 Å². The molecule has 4 heteroatoms. The van der Waals surface area contributed by atoms with Crippen LogP contribution in [0.25, 0.3) is 5.65 Å². The third-order valence-electron chi connectivity index (χ3n) is 3.40. The van der Waals surface area contributed by atoms with E-state index in [1.54, 1.807) is 10.6 Å². The summed E-state index contributed by atoms with van der Waals surface area (Å²) in [6.45, 7) is 2.22. The van der Waals surface area contributed by atoms with E-state index in [4.69, 9.17) is 0 Å². The van der Waals surface area contributed by atoms with Gasteiger partial charge in [0.05, 0.1) is 5.69 Å². The quantitative estimate of drug-likeness (QED) is 0.748. The van der Waals surface area contributed by atoms with Gasteiger partial charge < -0.3 is 0 Å². The Morgan fingerprint density at radius 3 is 3.18 bits per heavy atom. The smallest absolute Gasteiger partial charge is 0.261 e. The second-order valence-electron chi connectivity index (χ2n) is 4.76. The van der Waals surface area contributed by atoms with Crippen molar-refractivity contribution in [3.8, 4) is 0 Å². The van der Waals surface area contributed by atoms with Crippen molar-refractivity contribution >= 4 is 21.6 Å². The normalized spacial score (nSPS) is 19.3. The third kappa shape index (κ3) is 1.80. The summed E-state index contributed by atoms with van der Waals surface area (Å²) in [7, 11) is 0. The predicted molar refractivity (Wildman–Crippen MR) is 70.4 cm³/mol. The zero-order valence-corrected chi connectivity index (χ0v) is 11.2. The second-order valence-corrected chi connectivity index (χ2v) is 5.68. The molecule has 0 N–H and O–H groups in total. The molecule has 0 amide bonds. The predicted octanol–water partition coefficient (Wildman–Crippen LogP) is 2.58. The standard InChI is InChI=1S/C13H13BrN2O/c1-8-2-3-10-11(6-8)15-12-7-9(14)4-5-16(12)13(10)17/h4-5,7-8H,2-3,6H2,1H3. The lowest BCUT2D eigenvalue weighted by molar-refractivity contribution is 0.488. The van der Waals surface area contributed by atoms with Crippen LogP contribution in [-0.2, 0) is 12.8 Å². The summed E-state index contributed by atoms with van der Waals surface area (Å²) in [5.74, 6) is 0.629. The molecule has 0 fully saturated rings. The molecule has 3 rings (SSSR count). The summed E-state index contributed by atoms with van der Waals surface area (Å²) in [5, 5.41) is 0. The van der Waals surface area contributed by atoms with E-state index in [0.29, 0.717) is 5.92 Å². The Labute approximate surface area is 108 Å². The molecule has 0 saturated carbocycles. The molecule has 0 spiro atoms. The number of hydrogen-bond acceptors (Lipinski definition) is 2. The van der Waals surface area contributed by atoms with E-state index in [1.807, 2.05) is 12.1 Å². The maximum atomic E-state index is 12.3. The van der Waals surface area contributed by atoms with E-state index in [9.17, 15) is 4.79 Å². The summed E-state index contributed by atoms with van der Waals surface area (Å²) >= 11 is 3.41. The first-order valence-electron chi connectivity index (χ1n) is 5.85. The number of rotatable bonds is 0. The molecule has 0 aliphatic heterocycles. The van der Waals surface area contributed by atoms with Crippen LogP contribution in [-0.4, -0.2) is 9.38 Å². The SMILES string of the molecule is CC1CCc2c(nc3cc(Br)ccn3c2=O)C1. The highest BCUT2D eigenvalue weighted by Crippen LogP contribution is 2.22. The molecule has 0 bridgehead atoms. The summed E-state index contributed by atoms with van der Waals surface area (Å²) in [4.78, 5) is 16.9. The first kappa shape index (κ1) is 11.0. The van der Waals surface area contributed by atoms with E-state index >= 15 is 0 Å². The fraction of sp³-hybridized carbons (Fsp3) is 0.385. The Morgan fingerprint density at radius 2 is 2.35 bits per heavy atom. The first-order valence-corrected chi connectivity index (χ1v) is 6.64. The molecule has 0 radical (unpaired) electrons. The molecule has 1 unspecified atom stereocenters. The number of nitrogens with zero attached hydrogens (tertiary/aromatic N) is 2. The fourth-order valence-electron chi connectivity index (χ4n) is 2.44. The first-order chi connectivity index (χ1) is 8.15. The van der Waals surface area contributed by atoms with E-state index in [0.717, 1.165) is 40.6 Å². The Balaban J connectivity index is 2.32. The fourth-order valence-corrected chi connectivity index (χ4v) is 2.76. The van der Waals surface area contributed by atoms with Gasteiger partial charge >= 0.3 is 0 Å². The number of hydrogen-bond donors (Lipinski definition) is 0. The average molecular weight is 293 g/mol. The Morgan fingerprint density at radius 1 is 1.53 bits per heavy atom. The number of fused-ring (bicyclic) bond motifs is 2. The van der Waals surface area contributed by atoms with Crippen LogP contribution in [0, 0.1) is 5.92 Å². The van der Waals surface area contributed by atoms with E-state index in [2.05, 4.69) is 27.8 Å².